The lowest BCUT2D eigenvalue weighted by molar-refractivity contribution is -0.157. The largest absolute Gasteiger partial charge is 0.465 e. The first-order valence-corrected chi connectivity index (χ1v) is 13.3. The Morgan fingerprint density at radius 1 is 0.977 bits per heavy atom. The molecule has 0 bridgehead atoms. The van der Waals surface area contributed by atoms with Gasteiger partial charge in [0.2, 0.25) is 0 Å². The Labute approximate surface area is 243 Å². The molecule has 1 aliphatic heterocycles. The fourth-order valence-electron chi connectivity index (χ4n) is 5.12. The summed E-state index contributed by atoms with van der Waals surface area (Å²) >= 11 is 0. The number of aliphatic hydroxyl groups is 1. The number of carboxylic acid groups (broad SMARTS) is 1. The van der Waals surface area contributed by atoms with E-state index in [2.05, 4.69) is 0 Å². The Hall–Kier alpha value is -3.39. The molecule has 238 valence electrons. The molecule has 2 aromatic carbocycles. The molecule has 7 nitrogen and oxygen atoms in total. The summed E-state index contributed by atoms with van der Waals surface area (Å²) < 4.78 is 106. The van der Waals surface area contributed by atoms with Gasteiger partial charge in [0, 0.05) is 12.0 Å². The van der Waals surface area contributed by atoms with E-state index in [1.807, 2.05) is 0 Å². The smallest absolute Gasteiger partial charge is 0.416 e. The second-order valence-corrected chi connectivity index (χ2v) is 11.4. The Morgan fingerprint density at radius 2 is 1.51 bits per heavy atom. The first-order valence-electron chi connectivity index (χ1n) is 13.3. The lowest BCUT2D eigenvalue weighted by Gasteiger charge is -2.30. The van der Waals surface area contributed by atoms with Gasteiger partial charge in [0.05, 0.1) is 42.4 Å². The summed E-state index contributed by atoms with van der Waals surface area (Å²) in [5, 5.41) is 20.7. The fourth-order valence-corrected chi connectivity index (χ4v) is 5.12. The maximum atomic E-state index is 13.8. The van der Waals surface area contributed by atoms with Crippen molar-refractivity contribution in [1.29, 1.82) is 0 Å². The number of esters is 1. The molecule has 5 atom stereocenters. The van der Waals surface area contributed by atoms with Crippen LogP contribution in [0, 0.1) is 5.82 Å². The first kappa shape index (κ1) is 34.1. The topological polar surface area (TPSA) is 96.3 Å². The monoisotopic (exact) mass is 623 g/mol. The number of ether oxygens (including phenoxy) is 2. The normalized spacial score (nSPS) is 21.0. The SMILES string of the molecule is C[C@@H](O[C@H]1CN(C(=O)O)[C@@H](CC(O)CC(=O)OC(C)(C)C)[C@@H]1c1ccc(F)cc1)c1cc(C(F)(F)F)cc(C(F)(F)F)c1. The van der Waals surface area contributed by atoms with E-state index in [0.29, 0.717) is 17.7 Å². The van der Waals surface area contributed by atoms with Crippen LogP contribution in [0.3, 0.4) is 0 Å². The molecule has 1 amide bonds. The van der Waals surface area contributed by atoms with Crippen molar-refractivity contribution in [1.82, 2.24) is 4.90 Å². The number of alkyl halides is 6. The Kier molecular flexibility index (Phi) is 10.1. The number of amides is 1. The van der Waals surface area contributed by atoms with Gasteiger partial charge in [-0.3, -0.25) is 4.79 Å². The van der Waals surface area contributed by atoms with Crippen molar-refractivity contribution in [2.24, 2.45) is 0 Å². The molecule has 1 heterocycles. The third-order valence-electron chi connectivity index (χ3n) is 6.89. The van der Waals surface area contributed by atoms with Crippen molar-refractivity contribution in [3.63, 3.8) is 0 Å². The molecule has 0 aromatic heterocycles. The van der Waals surface area contributed by atoms with Gasteiger partial charge in [-0.05, 0) is 75.6 Å². The summed E-state index contributed by atoms with van der Waals surface area (Å²) in [6.07, 6.45) is -16.3. The summed E-state index contributed by atoms with van der Waals surface area (Å²) in [7, 11) is 0. The third-order valence-corrected chi connectivity index (χ3v) is 6.89. The minimum atomic E-state index is -5.09. The summed E-state index contributed by atoms with van der Waals surface area (Å²) in [5.41, 5.74) is -4.03. The molecule has 0 aliphatic carbocycles. The molecule has 2 aromatic rings. The second-order valence-electron chi connectivity index (χ2n) is 11.4. The summed E-state index contributed by atoms with van der Waals surface area (Å²) in [6.45, 7) is 5.71. The number of hydrogen-bond acceptors (Lipinski definition) is 5. The zero-order valence-electron chi connectivity index (χ0n) is 23.7. The number of hydrogen-bond donors (Lipinski definition) is 2. The molecule has 14 heteroatoms. The molecule has 1 saturated heterocycles. The molecule has 0 radical (unpaired) electrons. The van der Waals surface area contributed by atoms with Gasteiger partial charge in [0.15, 0.2) is 0 Å². The first-order chi connectivity index (χ1) is 19.7. The third kappa shape index (κ3) is 9.05. The molecule has 1 fully saturated rings. The summed E-state index contributed by atoms with van der Waals surface area (Å²) in [5.74, 6) is -2.31. The number of aliphatic hydroxyl groups excluding tert-OH is 1. The quantitative estimate of drug-likeness (QED) is 0.244. The van der Waals surface area contributed by atoms with E-state index >= 15 is 0 Å². The molecule has 43 heavy (non-hydrogen) atoms. The molecule has 0 spiro atoms. The molecule has 1 aliphatic rings. The number of benzene rings is 2. The van der Waals surface area contributed by atoms with Crippen LogP contribution in [0.25, 0.3) is 0 Å². The molecular weight excluding hydrogens is 591 g/mol. The van der Waals surface area contributed by atoms with Crippen molar-refractivity contribution in [2.45, 2.75) is 88.8 Å². The van der Waals surface area contributed by atoms with Crippen molar-refractivity contribution in [2.75, 3.05) is 6.54 Å². The molecule has 1 unspecified atom stereocenters. The summed E-state index contributed by atoms with van der Waals surface area (Å²) in [6, 6.07) is 4.84. The van der Waals surface area contributed by atoms with Crippen LogP contribution in [0.15, 0.2) is 42.5 Å². The predicted molar refractivity (Wildman–Crippen MR) is 138 cm³/mol. The van der Waals surface area contributed by atoms with Crippen molar-refractivity contribution < 1.29 is 60.0 Å². The van der Waals surface area contributed by atoms with Gasteiger partial charge >= 0.3 is 24.4 Å². The average Bonchev–Trinajstić information content (AvgIpc) is 3.19. The van der Waals surface area contributed by atoms with Gasteiger partial charge in [-0.2, -0.15) is 26.3 Å². The lowest BCUT2D eigenvalue weighted by Crippen LogP contribution is -2.39. The van der Waals surface area contributed by atoms with E-state index in [9.17, 15) is 50.5 Å². The number of likely N-dealkylation sites (tertiary alicyclic amines) is 1. The van der Waals surface area contributed by atoms with E-state index < -0.39 is 89.2 Å². The van der Waals surface area contributed by atoms with Gasteiger partial charge in [0.25, 0.3) is 0 Å². The Bertz CT molecular complexity index is 1260. The van der Waals surface area contributed by atoms with Crippen LogP contribution < -0.4 is 0 Å². The van der Waals surface area contributed by atoms with Crippen LogP contribution in [0.2, 0.25) is 0 Å². The average molecular weight is 624 g/mol. The zero-order valence-corrected chi connectivity index (χ0v) is 23.7. The van der Waals surface area contributed by atoms with Gasteiger partial charge < -0.3 is 24.6 Å². The van der Waals surface area contributed by atoms with Gasteiger partial charge in [0.1, 0.15) is 11.4 Å². The van der Waals surface area contributed by atoms with E-state index in [0.717, 1.165) is 17.0 Å². The molecule has 3 rings (SSSR count). The van der Waals surface area contributed by atoms with E-state index in [4.69, 9.17) is 9.47 Å². The predicted octanol–water partition coefficient (Wildman–Crippen LogP) is 6.94. The van der Waals surface area contributed by atoms with Gasteiger partial charge in [-0.15, -0.1) is 0 Å². The molecule has 0 saturated carbocycles. The number of nitrogens with zero attached hydrogens (tertiary/aromatic N) is 1. The molecule has 2 N–H and O–H groups in total. The Balaban J connectivity index is 1.98. The van der Waals surface area contributed by atoms with Crippen LogP contribution in [0.4, 0.5) is 35.5 Å². The number of carbonyl (C=O) groups excluding carboxylic acids is 1. The minimum Gasteiger partial charge on any atom is -0.465 e. The van der Waals surface area contributed by atoms with Crippen LogP contribution in [-0.4, -0.2) is 57.6 Å². The van der Waals surface area contributed by atoms with Crippen LogP contribution in [-0.2, 0) is 26.6 Å². The van der Waals surface area contributed by atoms with E-state index in [1.54, 1.807) is 20.8 Å². The number of carbonyl (C=O) groups is 2. The fraction of sp³-hybridized carbons (Fsp3) is 0.517. The van der Waals surface area contributed by atoms with Gasteiger partial charge in [-0.25, -0.2) is 9.18 Å². The second kappa shape index (κ2) is 12.7. The van der Waals surface area contributed by atoms with Crippen LogP contribution >= 0.6 is 0 Å². The standard InChI is InChI=1S/C29H32F7NO6/c1-15(17-9-18(28(31,32)33)11-19(10-17)29(34,35)36)42-23-14-37(26(40)41)22(25(23)16-5-7-20(30)8-6-16)12-21(38)13-24(39)43-27(2,3)4/h5-11,15,21-23,25,38H,12-14H2,1-4H3,(H,40,41)/t15-,21?,22+,23+,25+/m1/s1. The maximum Gasteiger partial charge on any atom is 0.416 e. The van der Waals surface area contributed by atoms with Crippen LogP contribution in [0.5, 0.6) is 0 Å². The highest BCUT2D eigenvalue weighted by Crippen LogP contribution is 2.42. The van der Waals surface area contributed by atoms with Gasteiger partial charge in [-0.1, -0.05) is 12.1 Å². The lowest BCUT2D eigenvalue weighted by atomic mass is 9.86. The highest BCUT2D eigenvalue weighted by Gasteiger charge is 2.47. The summed E-state index contributed by atoms with van der Waals surface area (Å²) in [4.78, 5) is 25.4. The zero-order chi connectivity index (χ0) is 32.5. The maximum absolute atomic E-state index is 13.8. The minimum absolute atomic E-state index is 0.0125. The molecular formula is C29H32F7NO6. The number of rotatable bonds is 8. The highest BCUT2D eigenvalue weighted by atomic mass is 19.4. The number of halogens is 7. The van der Waals surface area contributed by atoms with E-state index in [1.165, 1.54) is 19.1 Å². The highest BCUT2D eigenvalue weighted by molar-refractivity contribution is 5.70. The van der Waals surface area contributed by atoms with E-state index in [-0.39, 0.29) is 19.0 Å². The van der Waals surface area contributed by atoms with Crippen LogP contribution in [0.1, 0.15) is 74.8 Å². The van der Waals surface area contributed by atoms with Crippen molar-refractivity contribution in [3.8, 4) is 0 Å². The Morgan fingerprint density at radius 3 is 1.98 bits per heavy atom. The van der Waals surface area contributed by atoms with Crippen molar-refractivity contribution in [3.05, 3.63) is 70.5 Å². The van der Waals surface area contributed by atoms with Crippen molar-refractivity contribution >= 4 is 12.1 Å².